The molecule has 1 aromatic heterocycles. The van der Waals surface area contributed by atoms with Crippen molar-refractivity contribution in [1.29, 1.82) is 0 Å². The number of ether oxygens (including phenoxy) is 1. The fourth-order valence-corrected chi connectivity index (χ4v) is 3.68. The van der Waals surface area contributed by atoms with Crippen LogP contribution in [0, 0.1) is 0 Å². The second-order valence-corrected chi connectivity index (χ2v) is 7.74. The molecule has 1 unspecified atom stereocenters. The molecule has 168 valence electrons. The zero-order chi connectivity index (χ0) is 23.7. The number of phenols is 1. The van der Waals surface area contributed by atoms with E-state index >= 15 is 0 Å². The highest BCUT2D eigenvalue weighted by atomic mass is 16.5. The molecule has 1 atom stereocenters. The van der Waals surface area contributed by atoms with Crippen LogP contribution in [-0.4, -0.2) is 34.0 Å². The van der Waals surface area contributed by atoms with Gasteiger partial charge in [-0.1, -0.05) is 18.2 Å². The Morgan fingerprint density at radius 3 is 2.39 bits per heavy atom. The monoisotopic (exact) mass is 447 g/mol. The quantitative estimate of drug-likeness (QED) is 0.426. The molecular formula is C25H21NO7. The smallest absolute Gasteiger partial charge is 0.338 e. The zero-order valence-corrected chi connectivity index (χ0v) is 17.9. The number of carbonyl (C=O) groups is 3. The van der Waals surface area contributed by atoms with Gasteiger partial charge in [-0.25, -0.2) is 4.79 Å². The maximum Gasteiger partial charge on any atom is 0.338 e. The minimum atomic E-state index is -1.02. The molecule has 0 saturated heterocycles. The van der Waals surface area contributed by atoms with Crippen molar-refractivity contribution in [3.05, 3.63) is 95.1 Å². The molecular weight excluding hydrogens is 426 g/mol. The molecule has 8 nitrogen and oxygen atoms in total. The molecule has 1 amide bonds. The third kappa shape index (κ3) is 4.10. The van der Waals surface area contributed by atoms with E-state index in [-0.39, 0.29) is 34.4 Å². The van der Waals surface area contributed by atoms with Crippen LogP contribution in [0.3, 0.4) is 0 Å². The minimum Gasteiger partial charge on any atom is -0.508 e. The maximum absolute atomic E-state index is 13.2. The molecule has 2 heterocycles. The van der Waals surface area contributed by atoms with Crippen LogP contribution in [0.5, 0.6) is 5.75 Å². The van der Waals surface area contributed by atoms with Crippen molar-refractivity contribution in [2.24, 2.45) is 0 Å². The number of benzene rings is 2. The van der Waals surface area contributed by atoms with Gasteiger partial charge >= 0.3 is 5.97 Å². The molecule has 3 aromatic rings. The van der Waals surface area contributed by atoms with E-state index in [4.69, 9.17) is 9.15 Å². The van der Waals surface area contributed by atoms with E-state index in [1.807, 2.05) is 0 Å². The first-order valence-electron chi connectivity index (χ1n) is 10.2. The molecule has 0 fully saturated rings. The Labute approximate surface area is 189 Å². The molecule has 1 aliphatic rings. The number of phenolic OH excluding ortho intramolecular Hbond substituents is 1. The number of rotatable bonds is 6. The third-order valence-corrected chi connectivity index (χ3v) is 5.11. The number of amides is 1. The maximum atomic E-state index is 13.2. The molecule has 0 radical (unpaired) electrons. The number of aromatic hydroxyl groups is 1. The number of furan rings is 1. The van der Waals surface area contributed by atoms with Gasteiger partial charge in [-0.05, 0) is 61.9 Å². The number of ketones is 1. The number of nitrogens with zero attached hydrogens (tertiary/aromatic N) is 1. The van der Waals surface area contributed by atoms with E-state index in [1.54, 1.807) is 44.2 Å². The van der Waals surface area contributed by atoms with Crippen molar-refractivity contribution in [3.63, 3.8) is 0 Å². The Morgan fingerprint density at radius 1 is 1.03 bits per heavy atom. The van der Waals surface area contributed by atoms with Crippen LogP contribution in [0.15, 0.2) is 82.7 Å². The molecule has 2 N–H and O–H groups in total. The van der Waals surface area contributed by atoms with Crippen LogP contribution in [0.4, 0.5) is 5.69 Å². The Kier molecular flexibility index (Phi) is 5.74. The van der Waals surface area contributed by atoms with Crippen molar-refractivity contribution in [1.82, 2.24) is 0 Å². The summed E-state index contributed by atoms with van der Waals surface area (Å²) in [5, 5.41) is 20.4. The summed E-state index contributed by atoms with van der Waals surface area (Å²) in [6.07, 6.45) is 0.987. The average molecular weight is 447 g/mol. The highest BCUT2D eigenvalue weighted by Gasteiger charge is 2.45. The number of esters is 1. The number of aliphatic hydroxyl groups is 1. The van der Waals surface area contributed by atoms with Gasteiger partial charge in [-0.2, -0.15) is 0 Å². The van der Waals surface area contributed by atoms with Gasteiger partial charge in [0.2, 0.25) is 5.78 Å². The SMILES string of the molecule is CC(C)OC(=O)c1cccc(N2C(=O)C(O)=C(C(=O)c3ccco3)C2c2ccc(O)cc2)c1. The van der Waals surface area contributed by atoms with E-state index < -0.39 is 29.5 Å². The number of carbonyl (C=O) groups excluding carboxylic acids is 3. The lowest BCUT2D eigenvalue weighted by molar-refractivity contribution is -0.117. The predicted molar refractivity (Wildman–Crippen MR) is 118 cm³/mol. The third-order valence-electron chi connectivity index (χ3n) is 5.11. The van der Waals surface area contributed by atoms with Crippen LogP contribution < -0.4 is 4.90 Å². The summed E-state index contributed by atoms with van der Waals surface area (Å²) >= 11 is 0. The Bertz CT molecular complexity index is 1240. The van der Waals surface area contributed by atoms with Crippen molar-refractivity contribution < 1.29 is 33.8 Å². The molecule has 1 aliphatic heterocycles. The molecule has 33 heavy (non-hydrogen) atoms. The van der Waals surface area contributed by atoms with E-state index in [0.29, 0.717) is 5.56 Å². The van der Waals surface area contributed by atoms with E-state index in [9.17, 15) is 24.6 Å². The lowest BCUT2D eigenvalue weighted by Gasteiger charge is -2.27. The summed E-state index contributed by atoms with van der Waals surface area (Å²) in [6, 6.07) is 14.0. The summed E-state index contributed by atoms with van der Waals surface area (Å²) in [5.41, 5.74) is 0.792. The molecule has 0 bridgehead atoms. The summed E-state index contributed by atoms with van der Waals surface area (Å²) in [7, 11) is 0. The van der Waals surface area contributed by atoms with Gasteiger partial charge in [0, 0.05) is 5.69 Å². The lowest BCUT2D eigenvalue weighted by atomic mass is 9.94. The number of aliphatic hydroxyl groups excluding tert-OH is 1. The number of anilines is 1. The minimum absolute atomic E-state index is 0.000152. The molecule has 0 spiro atoms. The Balaban J connectivity index is 1.83. The first kappa shape index (κ1) is 21.9. The molecule has 4 rings (SSSR count). The molecule has 0 saturated carbocycles. The van der Waals surface area contributed by atoms with Gasteiger partial charge in [-0.3, -0.25) is 14.5 Å². The molecule has 8 heteroatoms. The van der Waals surface area contributed by atoms with Crippen molar-refractivity contribution in [2.75, 3.05) is 4.90 Å². The predicted octanol–water partition coefficient (Wildman–Crippen LogP) is 4.33. The Morgan fingerprint density at radius 2 is 1.76 bits per heavy atom. The highest BCUT2D eigenvalue weighted by Crippen LogP contribution is 2.42. The van der Waals surface area contributed by atoms with Crippen LogP contribution in [0.2, 0.25) is 0 Å². The second kappa shape index (κ2) is 8.66. The lowest BCUT2D eigenvalue weighted by Crippen LogP contribution is -2.31. The fourth-order valence-electron chi connectivity index (χ4n) is 3.68. The van der Waals surface area contributed by atoms with Gasteiger partial charge in [-0.15, -0.1) is 0 Å². The van der Waals surface area contributed by atoms with Crippen LogP contribution in [0.25, 0.3) is 0 Å². The van der Waals surface area contributed by atoms with Crippen molar-refractivity contribution in [2.45, 2.75) is 26.0 Å². The van der Waals surface area contributed by atoms with Gasteiger partial charge in [0.1, 0.15) is 5.75 Å². The van der Waals surface area contributed by atoms with Crippen LogP contribution in [-0.2, 0) is 9.53 Å². The fraction of sp³-hybridized carbons (Fsp3) is 0.160. The Hall–Kier alpha value is -4.33. The van der Waals surface area contributed by atoms with Gasteiger partial charge < -0.3 is 19.4 Å². The molecule has 0 aliphatic carbocycles. The highest BCUT2D eigenvalue weighted by molar-refractivity contribution is 6.20. The largest absolute Gasteiger partial charge is 0.508 e. The number of hydrogen-bond donors (Lipinski definition) is 2. The normalized spacial score (nSPS) is 15.9. The topological polar surface area (TPSA) is 117 Å². The number of Topliss-reactive ketones (excluding diaryl/α,β-unsaturated/α-hetero) is 1. The van der Waals surface area contributed by atoms with Gasteiger partial charge in [0.15, 0.2) is 11.5 Å². The van der Waals surface area contributed by atoms with E-state index in [2.05, 4.69) is 0 Å². The second-order valence-electron chi connectivity index (χ2n) is 7.74. The molecule has 2 aromatic carbocycles. The summed E-state index contributed by atoms with van der Waals surface area (Å²) in [4.78, 5) is 40.0. The van der Waals surface area contributed by atoms with Crippen LogP contribution in [0.1, 0.15) is 46.4 Å². The summed E-state index contributed by atoms with van der Waals surface area (Å²) < 4.78 is 10.4. The standard InChI is InChI=1S/C25H21NO7/c1-14(2)33-25(31)16-5-3-6-17(13-16)26-21(15-8-10-18(27)11-9-15)20(23(29)24(26)30)22(28)19-7-4-12-32-19/h3-14,21,27,29H,1-2H3. The van der Waals surface area contributed by atoms with E-state index in [0.717, 1.165) is 0 Å². The first-order valence-corrected chi connectivity index (χ1v) is 10.2. The van der Waals surface area contributed by atoms with Crippen molar-refractivity contribution >= 4 is 23.3 Å². The van der Waals surface area contributed by atoms with Crippen molar-refractivity contribution in [3.8, 4) is 5.75 Å². The van der Waals surface area contributed by atoms with Gasteiger partial charge in [0.05, 0.1) is 29.5 Å². The summed E-state index contributed by atoms with van der Waals surface area (Å²) in [5.74, 6) is -2.78. The average Bonchev–Trinajstić information content (AvgIpc) is 3.41. The summed E-state index contributed by atoms with van der Waals surface area (Å²) in [6.45, 7) is 3.45. The first-order chi connectivity index (χ1) is 15.8. The zero-order valence-electron chi connectivity index (χ0n) is 17.9. The number of hydrogen-bond acceptors (Lipinski definition) is 7. The van der Waals surface area contributed by atoms with E-state index in [1.165, 1.54) is 41.5 Å². The van der Waals surface area contributed by atoms with Crippen LogP contribution >= 0.6 is 0 Å². The van der Waals surface area contributed by atoms with Gasteiger partial charge in [0.25, 0.3) is 5.91 Å².